The van der Waals surface area contributed by atoms with Crippen LogP contribution in [-0.2, 0) is 4.79 Å². The summed E-state index contributed by atoms with van der Waals surface area (Å²) in [5.41, 5.74) is 2.10. The van der Waals surface area contributed by atoms with E-state index in [0.717, 1.165) is 11.3 Å². The summed E-state index contributed by atoms with van der Waals surface area (Å²) in [6.45, 7) is 2.02. The first-order valence-corrected chi connectivity index (χ1v) is 5.93. The maximum Gasteiger partial charge on any atom is 0.238 e. The highest BCUT2D eigenvalue weighted by molar-refractivity contribution is 8.11. The van der Waals surface area contributed by atoms with E-state index in [4.69, 9.17) is 0 Å². The number of amides is 1. The zero-order chi connectivity index (χ0) is 10.1. The van der Waals surface area contributed by atoms with Crippen molar-refractivity contribution in [2.75, 3.05) is 10.7 Å². The Balaban J connectivity index is 2.34. The van der Waals surface area contributed by atoms with Gasteiger partial charge in [0.2, 0.25) is 5.91 Å². The number of hydrogen-bond acceptors (Lipinski definition) is 3. The highest BCUT2D eigenvalue weighted by Gasteiger charge is 2.30. The normalized spacial score (nSPS) is 21.7. The van der Waals surface area contributed by atoms with E-state index in [9.17, 15) is 4.79 Å². The molecule has 2 nitrogen and oxygen atoms in total. The zero-order valence-electron chi connectivity index (χ0n) is 7.80. The summed E-state index contributed by atoms with van der Waals surface area (Å²) in [5.74, 6) is 0.669. The van der Waals surface area contributed by atoms with E-state index in [2.05, 4.69) is 12.6 Å². The number of carbonyl (C=O) groups is 1. The molecule has 0 saturated carbocycles. The third kappa shape index (κ3) is 1.77. The summed E-state index contributed by atoms with van der Waals surface area (Å²) in [5, 5.41) is 0. The fourth-order valence-electron chi connectivity index (χ4n) is 1.46. The average Bonchev–Trinajstić information content (AvgIpc) is 2.46. The topological polar surface area (TPSA) is 20.3 Å². The summed E-state index contributed by atoms with van der Waals surface area (Å²) in [6.07, 6.45) is 0. The van der Waals surface area contributed by atoms with E-state index >= 15 is 0 Å². The van der Waals surface area contributed by atoms with Crippen LogP contribution in [0.5, 0.6) is 0 Å². The smallest absolute Gasteiger partial charge is 0.238 e. The molecule has 1 amide bonds. The molecule has 0 aliphatic carbocycles. The fourth-order valence-corrected chi connectivity index (χ4v) is 2.77. The van der Waals surface area contributed by atoms with Gasteiger partial charge in [-0.3, -0.25) is 9.69 Å². The molecule has 2 rings (SSSR count). The first-order valence-electron chi connectivity index (χ1n) is 4.37. The Labute approximate surface area is 93.1 Å². The van der Waals surface area contributed by atoms with Gasteiger partial charge in [-0.25, -0.2) is 0 Å². The predicted molar refractivity (Wildman–Crippen MR) is 63.9 cm³/mol. The summed E-state index contributed by atoms with van der Waals surface area (Å²) in [4.78, 5) is 13.3. The van der Waals surface area contributed by atoms with Crippen molar-refractivity contribution >= 4 is 36.0 Å². The van der Waals surface area contributed by atoms with E-state index in [1.165, 1.54) is 0 Å². The number of aryl methyl sites for hydroxylation is 1. The van der Waals surface area contributed by atoms with Crippen molar-refractivity contribution in [3.8, 4) is 0 Å². The summed E-state index contributed by atoms with van der Waals surface area (Å²) < 4.78 is -0.0377. The second-order valence-electron chi connectivity index (χ2n) is 3.24. The molecule has 0 aromatic heterocycles. The van der Waals surface area contributed by atoms with E-state index in [0.29, 0.717) is 5.75 Å². The minimum atomic E-state index is -0.0377. The van der Waals surface area contributed by atoms with Crippen molar-refractivity contribution < 1.29 is 4.79 Å². The first kappa shape index (κ1) is 9.93. The number of anilines is 1. The Bertz CT molecular complexity index is 367. The Morgan fingerprint density at radius 1 is 1.57 bits per heavy atom. The van der Waals surface area contributed by atoms with Crippen LogP contribution in [0.1, 0.15) is 5.56 Å². The Morgan fingerprint density at radius 2 is 2.36 bits per heavy atom. The highest BCUT2D eigenvalue weighted by atomic mass is 32.2. The van der Waals surface area contributed by atoms with Crippen LogP contribution in [0.25, 0.3) is 0 Å². The van der Waals surface area contributed by atoms with E-state index in [-0.39, 0.29) is 10.6 Å². The third-order valence-corrected chi connectivity index (χ3v) is 3.73. The maximum absolute atomic E-state index is 11.6. The lowest BCUT2D eigenvalue weighted by Crippen LogP contribution is -2.29. The van der Waals surface area contributed by atoms with Gasteiger partial charge < -0.3 is 0 Å². The van der Waals surface area contributed by atoms with Crippen molar-refractivity contribution in [1.29, 1.82) is 0 Å². The molecule has 1 fully saturated rings. The number of benzene rings is 1. The Hall–Kier alpha value is -0.610. The van der Waals surface area contributed by atoms with E-state index < -0.39 is 0 Å². The number of hydrogen-bond donors (Lipinski definition) is 1. The average molecular weight is 225 g/mol. The van der Waals surface area contributed by atoms with Crippen LogP contribution in [-0.4, -0.2) is 16.4 Å². The molecule has 1 aliphatic heterocycles. The van der Waals surface area contributed by atoms with Gasteiger partial charge in [0, 0.05) is 5.69 Å². The minimum Gasteiger partial charge on any atom is -0.290 e. The van der Waals surface area contributed by atoms with Crippen molar-refractivity contribution in [3.05, 3.63) is 29.8 Å². The fraction of sp³-hybridized carbons (Fsp3) is 0.300. The van der Waals surface area contributed by atoms with Crippen LogP contribution >= 0.6 is 24.4 Å². The van der Waals surface area contributed by atoms with Gasteiger partial charge in [-0.2, -0.15) is 0 Å². The molecule has 1 unspecified atom stereocenters. The largest absolute Gasteiger partial charge is 0.290 e. The molecule has 0 radical (unpaired) electrons. The van der Waals surface area contributed by atoms with Crippen LogP contribution in [0.4, 0.5) is 5.69 Å². The molecule has 4 heteroatoms. The number of thioether (sulfide) groups is 1. The van der Waals surface area contributed by atoms with E-state index in [1.54, 1.807) is 16.7 Å². The number of rotatable bonds is 1. The van der Waals surface area contributed by atoms with E-state index in [1.807, 2.05) is 31.2 Å². The third-order valence-electron chi connectivity index (χ3n) is 2.13. The van der Waals surface area contributed by atoms with Gasteiger partial charge >= 0.3 is 0 Å². The van der Waals surface area contributed by atoms with Gasteiger partial charge in [0.25, 0.3) is 0 Å². The number of thiol groups is 1. The molecule has 0 spiro atoms. The zero-order valence-corrected chi connectivity index (χ0v) is 9.52. The van der Waals surface area contributed by atoms with Gasteiger partial charge in [0.15, 0.2) is 0 Å². The number of nitrogens with zero attached hydrogens (tertiary/aromatic N) is 1. The first-order chi connectivity index (χ1) is 6.68. The SMILES string of the molecule is Cc1cccc(N2C(=O)CSC2S)c1. The Kier molecular flexibility index (Phi) is 2.74. The Morgan fingerprint density at radius 3 is 2.93 bits per heavy atom. The predicted octanol–water partition coefficient (Wildman–Crippen LogP) is 2.29. The quantitative estimate of drug-likeness (QED) is 0.740. The van der Waals surface area contributed by atoms with Crippen LogP contribution in [0.2, 0.25) is 0 Å². The molecule has 74 valence electrons. The molecule has 1 aliphatic rings. The summed E-state index contributed by atoms with van der Waals surface area (Å²) >= 11 is 5.92. The van der Waals surface area contributed by atoms with Gasteiger partial charge in [0.05, 0.1) is 5.75 Å². The van der Waals surface area contributed by atoms with Crippen LogP contribution in [0, 0.1) is 6.92 Å². The molecule has 1 aromatic carbocycles. The minimum absolute atomic E-state index is 0.0377. The van der Waals surface area contributed by atoms with Gasteiger partial charge in [0.1, 0.15) is 4.71 Å². The lowest BCUT2D eigenvalue weighted by molar-refractivity contribution is -0.115. The summed E-state index contributed by atoms with van der Waals surface area (Å²) in [7, 11) is 0. The molecular formula is C10H11NOS2. The molecule has 14 heavy (non-hydrogen) atoms. The molecule has 1 atom stereocenters. The van der Waals surface area contributed by atoms with Crippen molar-refractivity contribution in [1.82, 2.24) is 0 Å². The standard InChI is InChI=1S/C10H11NOS2/c1-7-3-2-4-8(5-7)11-9(12)6-14-10(11)13/h2-5,10,13H,6H2,1H3. The van der Waals surface area contributed by atoms with Crippen molar-refractivity contribution in [2.45, 2.75) is 11.6 Å². The van der Waals surface area contributed by atoms with Crippen LogP contribution in [0.3, 0.4) is 0 Å². The highest BCUT2D eigenvalue weighted by Crippen LogP contribution is 2.32. The van der Waals surface area contributed by atoms with Gasteiger partial charge in [-0.05, 0) is 24.6 Å². The second-order valence-corrected chi connectivity index (χ2v) is 5.15. The maximum atomic E-state index is 11.6. The molecule has 0 N–H and O–H groups in total. The molecule has 1 aromatic rings. The van der Waals surface area contributed by atoms with Gasteiger partial charge in [-0.15, -0.1) is 24.4 Å². The molecule has 1 saturated heterocycles. The van der Waals surface area contributed by atoms with Crippen molar-refractivity contribution in [3.63, 3.8) is 0 Å². The summed E-state index contributed by atoms with van der Waals surface area (Å²) in [6, 6.07) is 7.93. The van der Waals surface area contributed by atoms with Crippen LogP contribution < -0.4 is 4.90 Å². The van der Waals surface area contributed by atoms with Crippen molar-refractivity contribution in [2.24, 2.45) is 0 Å². The molecular weight excluding hydrogens is 214 g/mol. The van der Waals surface area contributed by atoms with Gasteiger partial charge in [-0.1, -0.05) is 12.1 Å². The second kappa shape index (κ2) is 3.87. The lowest BCUT2D eigenvalue weighted by atomic mass is 10.2. The van der Waals surface area contributed by atoms with Crippen LogP contribution in [0.15, 0.2) is 24.3 Å². The lowest BCUT2D eigenvalue weighted by Gasteiger charge is -2.20. The number of carbonyl (C=O) groups excluding carboxylic acids is 1. The monoisotopic (exact) mass is 225 g/mol. The molecule has 1 heterocycles. The molecule has 0 bridgehead atoms.